The molecule has 0 aromatic carbocycles. The molecule has 1 aliphatic heterocycles. The van der Waals surface area contributed by atoms with Crippen molar-refractivity contribution in [3.05, 3.63) is 30.6 Å². The zero-order valence-corrected chi connectivity index (χ0v) is 14.2. The van der Waals surface area contributed by atoms with Crippen LogP contribution in [0.3, 0.4) is 0 Å². The van der Waals surface area contributed by atoms with Crippen LogP contribution in [0, 0.1) is 5.92 Å². The molecular formula is C18H23N3OS. The Morgan fingerprint density at radius 1 is 1.22 bits per heavy atom. The van der Waals surface area contributed by atoms with E-state index in [1.807, 2.05) is 30.6 Å². The van der Waals surface area contributed by atoms with Gasteiger partial charge >= 0.3 is 0 Å². The number of imidazole rings is 1. The molecule has 0 spiro atoms. The number of piperidine rings is 1. The van der Waals surface area contributed by atoms with Gasteiger partial charge in [-0.3, -0.25) is 9.20 Å². The Bertz CT molecular complexity index is 696. The molecule has 0 N–H and O–H groups in total. The molecule has 4 rings (SSSR count). The molecule has 23 heavy (non-hydrogen) atoms. The minimum Gasteiger partial charge on any atom is -0.339 e. The molecule has 1 saturated heterocycles. The first-order valence-corrected chi connectivity index (χ1v) is 9.66. The van der Waals surface area contributed by atoms with E-state index in [2.05, 4.69) is 14.3 Å². The largest absolute Gasteiger partial charge is 0.339 e. The fraction of sp³-hybridized carbons (Fsp3) is 0.556. The summed E-state index contributed by atoms with van der Waals surface area (Å²) in [7, 11) is 0. The summed E-state index contributed by atoms with van der Waals surface area (Å²) in [4.78, 5) is 19.4. The molecule has 2 aromatic rings. The Balaban J connectivity index is 1.43. The number of fused-ring (bicyclic) bond motifs is 2. The summed E-state index contributed by atoms with van der Waals surface area (Å²) in [6.07, 6.45) is 11.5. The summed E-state index contributed by atoms with van der Waals surface area (Å²) >= 11 is 1.56. The van der Waals surface area contributed by atoms with Gasteiger partial charge in [0.2, 0.25) is 5.91 Å². The van der Waals surface area contributed by atoms with Gasteiger partial charge in [0.1, 0.15) is 0 Å². The van der Waals surface area contributed by atoms with E-state index in [1.165, 1.54) is 38.5 Å². The maximum absolute atomic E-state index is 12.8. The van der Waals surface area contributed by atoms with Gasteiger partial charge in [-0.15, -0.1) is 0 Å². The lowest BCUT2D eigenvalue weighted by atomic mass is 9.78. The van der Waals surface area contributed by atoms with Gasteiger partial charge in [-0.25, -0.2) is 4.98 Å². The average molecular weight is 329 g/mol. The van der Waals surface area contributed by atoms with Crippen molar-refractivity contribution in [2.75, 3.05) is 12.3 Å². The molecule has 3 heterocycles. The number of rotatable bonds is 3. The number of thioether (sulfide) groups is 1. The summed E-state index contributed by atoms with van der Waals surface area (Å²) in [6, 6.07) is 6.55. The summed E-state index contributed by atoms with van der Waals surface area (Å²) in [6.45, 7) is 0.947. The molecule has 2 unspecified atom stereocenters. The molecule has 2 atom stereocenters. The number of aromatic nitrogens is 2. The number of hydrogen-bond donors (Lipinski definition) is 0. The molecule has 122 valence electrons. The van der Waals surface area contributed by atoms with E-state index in [4.69, 9.17) is 0 Å². The van der Waals surface area contributed by atoms with Crippen LogP contribution < -0.4 is 0 Å². The van der Waals surface area contributed by atoms with E-state index < -0.39 is 0 Å². The molecule has 1 saturated carbocycles. The van der Waals surface area contributed by atoms with Crippen molar-refractivity contribution in [2.45, 2.75) is 49.7 Å². The molecule has 2 fully saturated rings. The quantitative estimate of drug-likeness (QED) is 0.807. The summed E-state index contributed by atoms with van der Waals surface area (Å²) in [5.41, 5.74) is 1.08. The van der Waals surface area contributed by atoms with Gasteiger partial charge in [0.05, 0.1) is 17.5 Å². The average Bonchev–Trinajstić information content (AvgIpc) is 3.02. The molecule has 5 heteroatoms. The van der Waals surface area contributed by atoms with Crippen LogP contribution in [0.15, 0.2) is 35.7 Å². The van der Waals surface area contributed by atoms with Crippen LogP contribution in [-0.2, 0) is 4.79 Å². The predicted molar refractivity (Wildman–Crippen MR) is 92.6 cm³/mol. The van der Waals surface area contributed by atoms with E-state index in [9.17, 15) is 4.79 Å². The first-order chi connectivity index (χ1) is 11.3. The van der Waals surface area contributed by atoms with Crippen LogP contribution in [0.1, 0.15) is 38.5 Å². The van der Waals surface area contributed by atoms with Crippen LogP contribution in [0.5, 0.6) is 0 Å². The fourth-order valence-corrected chi connectivity index (χ4v) is 5.02. The van der Waals surface area contributed by atoms with Crippen molar-refractivity contribution in [3.8, 4) is 0 Å². The lowest BCUT2D eigenvalue weighted by Crippen LogP contribution is -2.50. The van der Waals surface area contributed by atoms with Gasteiger partial charge < -0.3 is 4.90 Å². The highest BCUT2D eigenvalue weighted by molar-refractivity contribution is 7.99. The van der Waals surface area contributed by atoms with Crippen molar-refractivity contribution in [1.82, 2.24) is 14.3 Å². The molecular weight excluding hydrogens is 306 g/mol. The van der Waals surface area contributed by atoms with E-state index in [-0.39, 0.29) is 0 Å². The first kappa shape index (κ1) is 15.1. The third kappa shape index (κ3) is 2.99. The Morgan fingerprint density at radius 2 is 2.09 bits per heavy atom. The number of amides is 1. The predicted octanol–water partition coefficient (Wildman–Crippen LogP) is 3.61. The number of pyridine rings is 1. The number of hydrogen-bond acceptors (Lipinski definition) is 3. The van der Waals surface area contributed by atoms with Gasteiger partial charge in [0, 0.05) is 18.8 Å². The molecule has 0 bridgehead atoms. The van der Waals surface area contributed by atoms with Crippen LogP contribution in [0.4, 0.5) is 0 Å². The highest BCUT2D eigenvalue weighted by atomic mass is 32.2. The summed E-state index contributed by atoms with van der Waals surface area (Å²) < 4.78 is 2.05. The highest BCUT2D eigenvalue weighted by Crippen LogP contribution is 2.35. The minimum atomic E-state index is 0.291. The van der Waals surface area contributed by atoms with E-state index in [0.717, 1.165) is 23.1 Å². The molecule has 2 aromatic heterocycles. The van der Waals surface area contributed by atoms with Crippen molar-refractivity contribution in [2.24, 2.45) is 5.92 Å². The zero-order valence-electron chi connectivity index (χ0n) is 13.4. The number of carbonyl (C=O) groups excluding carboxylic acids is 1. The smallest absolute Gasteiger partial charge is 0.233 e. The Labute approximate surface area is 141 Å². The molecule has 1 amide bonds. The third-order valence-corrected chi connectivity index (χ3v) is 6.24. The van der Waals surface area contributed by atoms with Crippen molar-refractivity contribution < 1.29 is 4.79 Å². The number of nitrogens with zero attached hydrogens (tertiary/aromatic N) is 3. The number of carbonyl (C=O) groups is 1. The zero-order chi connectivity index (χ0) is 15.6. The molecule has 4 nitrogen and oxygen atoms in total. The molecule has 0 radical (unpaired) electrons. The summed E-state index contributed by atoms with van der Waals surface area (Å²) in [5.74, 6) is 1.54. The van der Waals surface area contributed by atoms with Crippen molar-refractivity contribution in [1.29, 1.82) is 0 Å². The molecule has 1 aliphatic carbocycles. The van der Waals surface area contributed by atoms with Gasteiger partial charge in [0.25, 0.3) is 0 Å². The second-order valence-corrected chi connectivity index (χ2v) is 7.61. The van der Waals surface area contributed by atoms with Crippen molar-refractivity contribution >= 4 is 23.2 Å². The van der Waals surface area contributed by atoms with Gasteiger partial charge in [-0.05, 0) is 43.7 Å². The standard InChI is InChI=1S/C18H23N3OS/c22-17(21-11-5-7-14-6-1-2-9-16(14)21)13-23-18-19-12-15-8-3-4-10-20(15)18/h3-4,8,10,12,14,16H,1-2,5-7,9,11,13H2. The number of likely N-dealkylation sites (tertiary alicyclic amines) is 1. The van der Waals surface area contributed by atoms with Crippen LogP contribution in [-0.4, -0.2) is 38.5 Å². The Hall–Kier alpha value is -1.49. The van der Waals surface area contributed by atoms with E-state index in [1.54, 1.807) is 11.8 Å². The third-order valence-electron chi connectivity index (χ3n) is 5.29. The van der Waals surface area contributed by atoms with Gasteiger partial charge in [-0.2, -0.15) is 0 Å². The minimum absolute atomic E-state index is 0.291. The van der Waals surface area contributed by atoms with E-state index in [0.29, 0.717) is 17.7 Å². The highest BCUT2D eigenvalue weighted by Gasteiger charge is 2.35. The lowest BCUT2D eigenvalue weighted by Gasteiger charge is -2.44. The monoisotopic (exact) mass is 329 g/mol. The summed E-state index contributed by atoms with van der Waals surface area (Å²) in [5, 5.41) is 0.908. The second kappa shape index (κ2) is 6.56. The normalized spacial score (nSPS) is 24.6. The first-order valence-electron chi connectivity index (χ1n) is 8.67. The molecule has 2 aliphatic rings. The maximum atomic E-state index is 12.8. The SMILES string of the molecule is O=C(CSc1ncc2ccccn12)N1CCCC2CCCCC21. The van der Waals surface area contributed by atoms with E-state index >= 15 is 0 Å². The Morgan fingerprint density at radius 3 is 3.04 bits per heavy atom. The second-order valence-electron chi connectivity index (χ2n) is 6.67. The maximum Gasteiger partial charge on any atom is 0.233 e. The van der Waals surface area contributed by atoms with Gasteiger partial charge in [-0.1, -0.05) is 30.7 Å². The topological polar surface area (TPSA) is 37.6 Å². The van der Waals surface area contributed by atoms with Crippen molar-refractivity contribution in [3.63, 3.8) is 0 Å². The lowest BCUT2D eigenvalue weighted by molar-refractivity contribution is -0.134. The van der Waals surface area contributed by atoms with Crippen LogP contribution in [0.25, 0.3) is 5.52 Å². The fourth-order valence-electron chi connectivity index (χ4n) is 4.17. The van der Waals surface area contributed by atoms with Crippen LogP contribution >= 0.6 is 11.8 Å². The van der Waals surface area contributed by atoms with Gasteiger partial charge in [0.15, 0.2) is 5.16 Å². The Kier molecular flexibility index (Phi) is 4.29. The van der Waals surface area contributed by atoms with Crippen LogP contribution in [0.2, 0.25) is 0 Å².